The van der Waals surface area contributed by atoms with Crippen LogP contribution in [0.2, 0.25) is 5.02 Å². The van der Waals surface area contributed by atoms with Crippen molar-refractivity contribution in [1.82, 2.24) is 19.8 Å². The lowest BCUT2D eigenvalue weighted by Gasteiger charge is -2.02. The van der Waals surface area contributed by atoms with Crippen LogP contribution in [-0.4, -0.2) is 19.8 Å². The van der Waals surface area contributed by atoms with E-state index in [2.05, 4.69) is 15.3 Å². The summed E-state index contributed by atoms with van der Waals surface area (Å²) in [6, 6.07) is 10.6. The maximum Gasteiger partial charge on any atom is 0.234 e. The highest BCUT2D eigenvalue weighted by atomic mass is 35.5. The molecule has 0 saturated heterocycles. The Kier molecular flexibility index (Phi) is 3.74. The molecule has 4 aromatic rings. The Labute approximate surface area is 144 Å². The average Bonchev–Trinajstić information content (AvgIpc) is 3.11. The summed E-state index contributed by atoms with van der Waals surface area (Å²) in [5, 5.41) is 13.5. The van der Waals surface area contributed by atoms with Crippen molar-refractivity contribution in [2.24, 2.45) is 0 Å². The molecule has 0 bridgehead atoms. The standard InChI is InChI=1S/C16H9ClF2N4S/c17-12-5-2-6-13(19)11(12)8-14-22-23-15(20-21-16(23)24-14)9-3-1-4-10(18)7-9/h1-7H,8H2. The zero-order chi connectivity index (χ0) is 16.7. The molecule has 0 saturated carbocycles. The van der Waals surface area contributed by atoms with Gasteiger partial charge in [0.05, 0.1) is 0 Å². The van der Waals surface area contributed by atoms with Crippen molar-refractivity contribution in [1.29, 1.82) is 0 Å². The molecule has 0 fully saturated rings. The van der Waals surface area contributed by atoms with Crippen LogP contribution in [0.1, 0.15) is 10.6 Å². The maximum absolute atomic E-state index is 13.9. The second-order valence-electron chi connectivity index (χ2n) is 5.10. The summed E-state index contributed by atoms with van der Waals surface area (Å²) in [7, 11) is 0. The van der Waals surface area contributed by atoms with Crippen LogP contribution in [0, 0.1) is 11.6 Å². The summed E-state index contributed by atoms with van der Waals surface area (Å²) in [6.07, 6.45) is 0.252. The fraction of sp³-hybridized carbons (Fsp3) is 0.0625. The zero-order valence-electron chi connectivity index (χ0n) is 12.1. The molecule has 4 nitrogen and oxygen atoms in total. The molecule has 0 N–H and O–H groups in total. The fourth-order valence-corrected chi connectivity index (χ4v) is 3.46. The number of hydrogen-bond donors (Lipinski definition) is 0. The van der Waals surface area contributed by atoms with E-state index in [1.165, 1.54) is 34.1 Å². The van der Waals surface area contributed by atoms with Gasteiger partial charge in [-0.15, -0.1) is 10.2 Å². The average molecular weight is 363 g/mol. The predicted molar refractivity (Wildman–Crippen MR) is 88.3 cm³/mol. The van der Waals surface area contributed by atoms with Crippen molar-refractivity contribution in [3.63, 3.8) is 0 Å². The third-order valence-electron chi connectivity index (χ3n) is 3.51. The van der Waals surface area contributed by atoms with Gasteiger partial charge in [-0.2, -0.15) is 9.61 Å². The number of hydrogen-bond acceptors (Lipinski definition) is 4. The summed E-state index contributed by atoms with van der Waals surface area (Å²) in [5.41, 5.74) is 0.958. The van der Waals surface area contributed by atoms with Gasteiger partial charge in [-0.05, 0) is 24.3 Å². The molecule has 4 rings (SSSR count). The molecule has 2 heterocycles. The molecule has 0 atom stereocenters. The molecule has 120 valence electrons. The van der Waals surface area contributed by atoms with Crippen LogP contribution in [-0.2, 0) is 6.42 Å². The van der Waals surface area contributed by atoms with Gasteiger partial charge < -0.3 is 0 Å². The van der Waals surface area contributed by atoms with Crippen LogP contribution >= 0.6 is 22.9 Å². The molecule has 0 aliphatic heterocycles. The topological polar surface area (TPSA) is 43.1 Å². The van der Waals surface area contributed by atoms with Crippen molar-refractivity contribution >= 4 is 27.9 Å². The summed E-state index contributed by atoms with van der Waals surface area (Å²) >= 11 is 7.35. The van der Waals surface area contributed by atoms with E-state index in [-0.39, 0.29) is 18.1 Å². The van der Waals surface area contributed by atoms with Gasteiger partial charge in [0, 0.05) is 22.6 Å². The quantitative estimate of drug-likeness (QED) is 0.543. The van der Waals surface area contributed by atoms with Crippen molar-refractivity contribution in [3.05, 3.63) is 69.7 Å². The molecule has 0 unspecified atom stereocenters. The Balaban J connectivity index is 1.75. The number of benzene rings is 2. The Bertz CT molecular complexity index is 1020. The molecule has 0 aliphatic carbocycles. The first-order valence-corrected chi connectivity index (χ1v) is 8.21. The number of aromatic nitrogens is 4. The second-order valence-corrected chi connectivity index (χ2v) is 6.55. The van der Waals surface area contributed by atoms with E-state index in [9.17, 15) is 8.78 Å². The fourth-order valence-electron chi connectivity index (χ4n) is 2.39. The molecule has 0 amide bonds. The monoisotopic (exact) mass is 362 g/mol. The minimum atomic E-state index is -0.376. The molecule has 2 aromatic heterocycles. The van der Waals surface area contributed by atoms with E-state index in [0.29, 0.717) is 31.9 Å². The lowest BCUT2D eigenvalue weighted by molar-refractivity contribution is 0.613. The SMILES string of the molecule is Fc1cccc(-c2nnc3sc(Cc4c(F)cccc4Cl)nn23)c1. The highest BCUT2D eigenvalue weighted by Crippen LogP contribution is 2.26. The Hall–Kier alpha value is -2.38. The highest BCUT2D eigenvalue weighted by molar-refractivity contribution is 7.16. The minimum Gasteiger partial charge on any atom is -0.207 e. The van der Waals surface area contributed by atoms with Crippen LogP contribution in [0.3, 0.4) is 0 Å². The van der Waals surface area contributed by atoms with Gasteiger partial charge in [-0.25, -0.2) is 8.78 Å². The Morgan fingerprint density at radius 2 is 1.92 bits per heavy atom. The van der Waals surface area contributed by atoms with E-state index in [0.717, 1.165) is 0 Å². The molecule has 2 aromatic carbocycles. The summed E-state index contributed by atoms with van der Waals surface area (Å²) in [6.45, 7) is 0. The molecule has 0 radical (unpaired) electrons. The lowest BCUT2D eigenvalue weighted by atomic mass is 10.1. The van der Waals surface area contributed by atoms with E-state index < -0.39 is 0 Å². The smallest absolute Gasteiger partial charge is 0.207 e. The maximum atomic E-state index is 13.9. The van der Waals surface area contributed by atoms with Gasteiger partial charge in [0.1, 0.15) is 16.6 Å². The number of fused-ring (bicyclic) bond motifs is 1. The number of rotatable bonds is 3. The number of nitrogens with zero attached hydrogens (tertiary/aromatic N) is 4. The van der Waals surface area contributed by atoms with Gasteiger partial charge in [0.15, 0.2) is 5.82 Å². The van der Waals surface area contributed by atoms with E-state index in [4.69, 9.17) is 11.6 Å². The van der Waals surface area contributed by atoms with Crippen LogP contribution in [0.5, 0.6) is 0 Å². The van der Waals surface area contributed by atoms with Gasteiger partial charge in [0.25, 0.3) is 0 Å². The van der Waals surface area contributed by atoms with E-state index in [1.807, 2.05) is 0 Å². The van der Waals surface area contributed by atoms with Crippen LogP contribution in [0.15, 0.2) is 42.5 Å². The zero-order valence-corrected chi connectivity index (χ0v) is 13.7. The molecule has 8 heteroatoms. The van der Waals surface area contributed by atoms with Crippen LogP contribution in [0.4, 0.5) is 8.78 Å². The van der Waals surface area contributed by atoms with Gasteiger partial charge in [-0.3, -0.25) is 0 Å². The van der Waals surface area contributed by atoms with E-state index >= 15 is 0 Å². The second kappa shape index (κ2) is 5.92. The first-order valence-electron chi connectivity index (χ1n) is 7.02. The first kappa shape index (κ1) is 15.2. The normalized spacial score (nSPS) is 11.3. The van der Waals surface area contributed by atoms with Gasteiger partial charge >= 0.3 is 0 Å². The van der Waals surface area contributed by atoms with Crippen molar-refractivity contribution in [2.75, 3.05) is 0 Å². The summed E-state index contributed by atoms with van der Waals surface area (Å²) < 4.78 is 28.9. The first-order chi connectivity index (χ1) is 11.6. The third-order valence-corrected chi connectivity index (χ3v) is 4.76. The van der Waals surface area contributed by atoms with Crippen LogP contribution < -0.4 is 0 Å². The highest BCUT2D eigenvalue weighted by Gasteiger charge is 2.16. The summed E-state index contributed by atoms with van der Waals surface area (Å²) in [4.78, 5) is 0.553. The molecular formula is C16H9ClF2N4S. The molecule has 0 aliphatic rings. The summed E-state index contributed by atoms with van der Waals surface area (Å²) in [5.74, 6) is -0.303. The lowest BCUT2D eigenvalue weighted by Crippen LogP contribution is -1.96. The van der Waals surface area contributed by atoms with Crippen LogP contribution in [0.25, 0.3) is 16.3 Å². The molecular weight excluding hydrogens is 354 g/mol. The Morgan fingerprint density at radius 1 is 1.08 bits per heavy atom. The molecule has 24 heavy (non-hydrogen) atoms. The third kappa shape index (κ3) is 2.65. The largest absolute Gasteiger partial charge is 0.234 e. The van der Waals surface area contributed by atoms with Crippen molar-refractivity contribution in [3.8, 4) is 11.4 Å². The van der Waals surface area contributed by atoms with E-state index in [1.54, 1.807) is 24.3 Å². The predicted octanol–water partition coefficient (Wildman–Crippen LogP) is 4.38. The minimum absolute atomic E-state index is 0.252. The van der Waals surface area contributed by atoms with Gasteiger partial charge in [0.2, 0.25) is 4.96 Å². The molecule has 0 spiro atoms. The number of halogens is 3. The van der Waals surface area contributed by atoms with Gasteiger partial charge in [-0.1, -0.05) is 41.1 Å². The van der Waals surface area contributed by atoms with Crippen molar-refractivity contribution < 1.29 is 8.78 Å². The van der Waals surface area contributed by atoms with Crippen molar-refractivity contribution in [2.45, 2.75) is 6.42 Å². The Morgan fingerprint density at radius 3 is 2.71 bits per heavy atom.